The van der Waals surface area contributed by atoms with Crippen LogP contribution >= 0.6 is 11.8 Å². The average molecular weight is 316 g/mol. The topological polar surface area (TPSA) is 51.0 Å². The molecule has 22 heavy (non-hydrogen) atoms. The number of rotatable bonds is 4. The summed E-state index contributed by atoms with van der Waals surface area (Å²) < 4.78 is 2.17. The summed E-state index contributed by atoms with van der Waals surface area (Å²) in [6.45, 7) is 0.966. The van der Waals surface area contributed by atoms with Gasteiger partial charge in [-0.05, 0) is 25.0 Å². The summed E-state index contributed by atoms with van der Waals surface area (Å²) in [6.07, 6.45) is 4.57. The molecule has 0 unspecified atom stereocenters. The number of nitrogens with zero attached hydrogens (tertiary/aromatic N) is 4. The summed E-state index contributed by atoms with van der Waals surface area (Å²) in [5, 5.41) is 9.38. The fourth-order valence-corrected chi connectivity index (χ4v) is 3.48. The highest BCUT2D eigenvalue weighted by Crippen LogP contribution is 2.22. The van der Waals surface area contributed by atoms with Gasteiger partial charge in [0.1, 0.15) is 5.82 Å². The first-order valence-electron chi connectivity index (χ1n) is 7.62. The lowest BCUT2D eigenvalue weighted by Gasteiger charge is -2.16. The first-order chi connectivity index (χ1) is 10.8. The quantitative estimate of drug-likeness (QED) is 0.814. The molecule has 1 aliphatic rings. The van der Waals surface area contributed by atoms with Crippen molar-refractivity contribution in [3.05, 3.63) is 36.2 Å². The van der Waals surface area contributed by atoms with Gasteiger partial charge in [0.15, 0.2) is 5.16 Å². The highest BCUT2D eigenvalue weighted by atomic mass is 32.2. The summed E-state index contributed by atoms with van der Waals surface area (Å²) in [5.74, 6) is 1.51. The summed E-state index contributed by atoms with van der Waals surface area (Å²) in [6, 6.07) is 9.69. The molecule has 0 fully saturated rings. The molecule has 0 bridgehead atoms. The summed E-state index contributed by atoms with van der Waals surface area (Å²) in [5.41, 5.74) is 0.910. The van der Waals surface area contributed by atoms with Gasteiger partial charge in [0, 0.05) is 25.7 Å². The largest absolute Gasteiger partial charge is 0.315 e. The van der Waals surface area contributed by atoms with Gasteiger partial charge in [-0.15, -0.1) is 10.2 Å². The number of benzene rings is 1. The second kappa shape index (κ2) is 6.96. The first kappa shape index (κ1) is 15.1. The standard InChI is InChI=1S/C16H20N4OS/c1-19(13-8-4-2-5-9-13)15(21)12-22-16-18-17-14-10-6-3-7-11-20(14)16/h2,4-5,8-9H,3,6-7,10-12H2,1H3. The maximum Gasteiger partial charge on any atom is 0.237 e. The van der Waals surface area contributed by atoms with Crippen LogP contribution in [0.15, 0.2) is 35.5 Å². The van der Waals surface area contributed by atoms with E-state index in [4.69, 9.17) is 0 Å². The van der Waals surface area contributed by atoms with Crippen LogP contribution in [0.1, 0.15) is 25.1 Å². The summed E-state index contributed by atoms with van der Waals surface area (Å²) >= 11 is 1.48. The zero-order valence-electron chi connectivity index (χ0n) is 12.7. The van der Waals surface area contributed by atoms with Crippen molar-refractivity contribution >= 4 is 23.4 Å². The Morgan fingerprint density at radius 2 is 2.05 bits per heavy atom. The van der Waals surface area contributed by atoms with E-state index in [0.29, 0.717) is 5.75 Å². The van der Waals surface area contributed by atoms with E-state index in [1.165, 1.54) is 24.6 Å². The molecule has 1 aliphatic heterocycles. The maximum atomic E-state index is 12.3. The normalized spacial score (nSPS) is 14.2. The van der Waals surface area contributed by atoms with Crippen molar-refractivity contribution in [2.24, 2.45) is 0 Å². The van der Waals surface area contributed by atoms with Crippen LogP contribution in [0.25, 0.3) is 0 Å². The van der Waals surface area contributed by atoms with Crippen LogP contribution in [0.5, 0.6) is 0 Å². The van der Waals surface area contributed by atoms with Gasteiger partial charge in [-0.25, -0.2) is 0 Å². The molecule has 0 atom stereocenters. The van der Waals surface area contributed by atoms with E-state index in [1.54, 1.807) is 4.90 Å². The highest BCUT2D eigenvalue weighted by molar-refractivity contribution is 7.99. The van der Waals surface area contributed by atoms with E-state index in [0.717, 1.165) is 36.1 Å². The molecular weight excluding hydrogens is 296 g/mol. The van der Waals surface area contributed by atoms with E-state index in [-0.39, 0.29) is 5.91 Å². The van der Waals surface area contributed by atoms with Gasteiger partial charge >= 0.3 is 0 Å². The van der Waals surface area contributed by atoms with Gasteiger partial charge in [-0.2, -0.15) is 0 Å². The predicted molar refractivity (Wildman–Crippen MR) is 88.2 cm³/mol. The number of para-hydroxylation sites is 1. The molecule has 1 aromatic carbocycles. The number of aryl methyl sites for hydroxylation is 1. The third-order valence-corrected chi connectivity index (χ3v) is 4.87. The molecule has 0 N–H and O–H groups in total. The van der Waals surface area contributed by atoms with Crippen molar-refractivity contribution < 1.29 is 4.79 Å². The Morgan fingerprint density at radius 1 is 1.23 bits per heavy atom. The van der Waals surface area contributed by atoms with E-state index in [2.05, 4.69) is 14.8 Å². The van der Waals surface area contributed by atoms with Gasteiger partial charge in [0.05, 0.1) is 5.75 Å². The van der Waals surface area contributed by atoms with Crippen LogP contribution in [-0.2, 0) is 17.8 Å². The number of hydrogen-bond donors (Lipinski definition) is 0. The molecule has 5 nitrogen and oxygen atoms in total. The zero-order chi connectivity index (χ0) is 15.4. The Morgan fingerprint density at radius 3 is 2.86 bits per heavy atom. The van der Waals surface area contributed by atoms with Crippen molar-refractivity contribution in [1.29, 1.82) is 0 Å². The predicted octanol–water partition coefficient (Wildman–Crippen LogP) is 2.76. The average Bonchev–Trinajstić information content (AvgIpc) is 2.79. The van der Waals surface area contributed by atoms with Crippen molar-refractivity contribution in [3.8, 4) is 0 Å². The number of thioether (sulfide) groups is 1. The molecular formula is C16H20N4OS. The number of hydrogen-bond acceptors (Lipinski definition) is 4. The van der Waals surface area contributed by atoms with Gasteiger partial charge < -0.3 is 9.47 Å². The Balaban J connectivity index is 1.63. The van der Waals surface area contributed by atoms with Crippen LogP contribution in [0.4, 0.5) is 5.69 Å². The lowest BCUT2D eigenvalue weighted by Crippen LogP contribution is -2.28. The maximum absolute atomic E-state index is 12.3. The second-order valence-corrected chi connectivity index (χ2v) is 6.38. The monoisotopic (exact) mass is 316 g/mol. The third kappa shape index (κ3) is 3.32. The van der Waals surface area contributed by atoms with Crippen LogP contribution in [0.3, 0.4) is 0 Å². The van der Waals surface area contributed by atoms with Crippen molar-refractivity contribution in [2.75, 3.05) is 17.7 Å². The molecule has 2 heterocycles. The molecule has 1 aromatic heterocycles. The van der Waals surface area contributed by atoms with Gasteiger partial charge in [-0.1, -0.05) is 36.4 Å². The number of fused-ring (bicyclic) bond motifs is 1. The van der Waals surface area contributed by atoms with Crippen LogP contribution in [0.2, 0.25) is 0 Å². The van der Waals surface area contributed by atoms with E-state index in [9.17, 15) is 4.79 Å². The van der Waals surface area contributed by atoms with Crippen LogP contribution in [-0.4, -0.2) is 33.5 Å². The van der Waals surface area contributed by atoms with Crippen LogP contribution in [0, 0.1) is 0 Å². The number of amides is 1. The molecule has 0 saturated carbocycles. The number of anilines is 1. The Kier molecular flexibility index (Phi) is 4.77. The summed E-state index contributed by atoms with van der Waals surface area (Å²) in [4.78, 5) is 14.0. The van der Waals surface area contributed by atoms with Crippen molar-refractivity contribution in [1.82, 2.24) is 14.8 Å². The summed E-state index contributed by atoms with van der Waals surface area (Å²) in [7, 11) is 1.81. The molecule has 2 aromatic rings. The zero-order valence-corrected chi connectivity index (χ0v) is 13.6. The number of carbonyl (C=O) groups is 1. The second-order valence-electron chi connectivity index (χ2n) is 5.44. The fourth-order valence-electron chi connectivity index (χ4n) is 2.58. The molecule has 0 spiro atoms. The minimum absolute atomic E-state index is 0.0715. The van der Waals surface area contributed by atoms with Crippen molar-refractivity contribution in [2.45, 2.75) is 37.4 Å². The molecule has 0 saturated heterocycles. The molecule has 6 heteroatoms. The Hall–Kier alpha value is -1.82. The molecule has 0 aliphatic carbocycles. The first-order valence-corrected chi connectivity index (χ1v) is 8.61. The number of carbonyl (C=O) groups excluding carboxylic acids is 1. The lowest BCUT2D eigenvalue weighted by molar-refractivity contribution is -0.115. The third-order valence-electron chi connectivity index (χ3n) is 3.92. The van der Waals surface area contributed by atoms with Gasteiger partial charge in [0.2, 0.25) is 5.91 Å². The Bertz CT molecular complexity index is 641. The molecule has 1 amide bonds. The SMILES string of the molecule is CN(C(=O)CSc1nnc2n1CCCCC2)c1ccccc1. The smallest absolute Gasteiger partial charge is 0.237 e. The van der Waals surface area contributed by atoms with E-state index >= 15 is 0 Å². The minimum atomic E-state index is 0.0715. The van der Waals surface area contributed by atoms with Crippen LogP contribution < -0.4 is 4.90 Å². The molecule has 3 rings (SSSR count). The van der Waals surface area contributed by atoms with E-state index in [1.807, 2.05) is 37.4 Å². The lowest BCUT2D eigenvalue weighted by atomic mass is 10.2. The molecule has 0 radical (unpaired) electrons. The van der Waals surface area contributed by atoms with Crippen molar-refractivity contribution in [3.63, 3.8) is 0 Å². The molecule has 116 valence electrons. The number of aromatic nitrogens is 3. The fraction of sp³-hybridized carbons (Fsp3) is 0.438. The van der Waals surface area contributed by atoms with E-state index < -0.39 is 0 Å². The van der Waals surface area contributed by atoms with Gasteiger partial charge in [0.25, 0.3) is 0 Å². The minimum Gasteiger partial charge on any atom is -0.315 e. The Labute approximate surface area is 134 Å². The van der Waals surface area contributed by atoms with Gasteiger partial charge in [-0.3, -0.25) is 4.79 Å². The highest BCUT2D eigenvalue weighted by Gasteiger charge is 2.17.